The second-order valence-corrected chi connectivity index (χ2v) is 6.20. The van der Waals surface area contributed by atoms with E-state index in [0.29, 0.717) is 10.5 Å². The van der Waals surface area contributed by atoms with Gasteiger partial charge in [0.25, 0.3) is 5.69 Å². The van der Waals surface area contributed by atoms with Crippen LogP contribution in [0.2, 0.25) is 0 Å². The first-order valence-electron chi connectivity index (χ1n) is 7.79. The third-order valence-corrected chi connectivity index (χ3v) is 3.98. The minimum atomic E-state index is -1.10. The van der Waals surface area contributed by atoms with Gasteiger partial charge in [-0.05, 0) is 44.9 Å². The van der Waals surface area contributed by atoms with Gasteiger partial charge in [-0.25, -0.2) is 9.69 Å². The fourth-order valence-corrected chi connectivity index (χ4v) is 2.50. The van der Waals surface area contributed by atoms with Crippen LogP contribution in [0.1, 0.15) is 25.0 Å². The third-order valence-electron chi connectivity index (χ3n) is 3.98. The lowest BCUT2D eigenvalue weighted by atomic mass is 10.1. The lowest BCUT2D eigenvalue weighted by molar-refractivity contribution is -0.384. The Balaban J connectivity index is 2.21. The topological polar surface area (TPSA) is 130 Å². The highest BCUT2D eigenvalue weighted by molar-refractivity contribution is 6.45. The van der Waals surface area contributed by atoms with E-state index in [1.807, 2.05) is 0 Å². The Kier molecular flexibility index (Phi) is 5.05. The first-order valence-corrected chi connectivity index (χ1v) is 7.79. The number of aryl methyl sites for hydroxylation is 2. The van der Waals surface area contributed by atoms with Gasteiger partial charge in [0, 0.05) is 12.1 Å². The van der Waals surface area contributed by atoms with E-state index in [2.05, 4.69) is 5.32 Å². The molecule has 26 heavy (non-hydrogen) atoms. The van der Waals surface area contributed by atoms with Crippen molar-refractivity contribution >= 4 is 35.1 Å². The quantitative estimate of drug-likeness (QED) is 0.364. The number of benzene rings is 1. The smallest absolute Gasteiger partial charge is 0.319 e. The van der Waals surface area contributed by atoms with Gasteiger partial charge in [-0.15, -0.1) is 0 Å². The van der Waals surface area contributed by atoms with Gasteiger partial charge in [-0.2, -0.15) is 0 Å². The van der Waals surface area contributed by atoms with Crippen LogP contribution >= 0.6 is 0 Å². The molecule has 0 aromatic heterocycles. The fourth-order valence-electron chi connectivity index (χ4n) is 2.50. The van der Waals surface area contributed by atoms with Crippen molar-refractivity contribution in [3.05, 3.63) is 33.4 Å². The minimum Gasteiger partial charge on any atom is -0.319 e. The van der Waals surface area contributed by atoms with Crippen LogP contribution in [0.4, 0.5) is 16.2 Å². The molecular formula is C16H18N4O6. The normalized spacial score (nSPS) is 14.4. The number of urea groups is 1. The Labute approximate surface area is 148 Å². The van der Waals surface area contributed by atoms with E-state index >= 15 is 0 Å². The number of nitro benzene ring substituents is 1. The number of amides is 5. The van der Waals surface area contributed by atoms with Crippen molar-refractivity contribution in [3.8, 4) is 0 Å². The van der Waals surface area contributed by atoms with Gasteiger partial charge in [0.2, 0.25) is 5.91 Å². The van der Waals surface area contributed by atoms with Crippen LogP contribution in [0.15, 0.2) is 12.1 Å². The van der Waals surface area contributed by atoms with Crippen molar-refractivity contribution in [1.29, 1.82) is 0 Å². The lowest BCUT2D eigenvalue weighted by Gasteiger charge is -2.18. The number of nitrogens with zero attached hydrogens (tertiary/aromatic N) is 3. The highest BCUT2D eigenvalue weighted by Crippen LogP contribution is 2.28. The molecule has 1 heterocycles. The molecule has 1 aromatic rings. The molecule has 0 atom stereocenters. The summed E-state index contributed by atoms with van der Waals surface area (Å²) < 4.78 is 0. The largest absolute Gasteiger partial charge is 0.334 e. The number of nitro groups is 1. The Hall–Kier alpha value is -3.30. The number of carbonyl (C=O) groups excluding carboxylic acids is 4. The zero-order valence-corrected chi connectivity index (χ0v) is 14.7. The van der Waals surface area contributed by atoms with Crippen LogP contribution in [-0.2, 0) is 14.4 Å². The number of nitrogens with one attached hydrogen (secondary N) is 1. The summed E-state index contributed by atoms with van der Waals surface area (Å²) in [6.45, 7) is 5.83. The summed E-state index contributed by atoms with van der Waals surface area (Å²) in [5, 5.41) is 13.5. The summed E-state index contributed by atoms with van der Waals surface area (Å²) in [7, 11) is 0. The molecule has 0 unspecified atom stereocenters. The van der Waals surface area contributed by atoms with Crippen LogP contribution in [0.3, 0.4) is 0 Å². The molecule has 1 aliphatic rings. The van der Waals surface area contributed by atoms with Crippen LogP contribution in [0.5, 0.6) is 0 Å². The third kappa shape index (κ3) is 3.39. The summed E-state index contributed by atoms with van der Waals surface area (Å²) in [4.78, 5) is 59.9. The van der Waals surface area contributed by atoms with Gasteiger partial charge in [0.15, 0.2) is 0 Å². The van der Waals surface area contributed by atoms with E-state index < -0.39 is 41.3 Å². The minimum absolute atomic E-state index is 0.0470. The summed E-state index contributed by atoms with van der Waals surface area (Å²) in [6, 6.07) is 1.33. The molecule has 1 fully saturated rings. The van der Waals surface area contributed by atoms with E-state index in [4.69, 9.17) is 0 Å². The number of anilines is 1. The molecule has 0 spiro atoms. The Bertz CT molecular complexity index is 832. The standard InChI is InChI=1S/C16H18N4O6/c1-8(2)19-15(23)14(22)18(16(19)24)7-13(21)17-11-5-9(3)10(4)6-12(11)20(25)26/h5-6,8H,7H2,1-4H3,(H,17,21). The van der Waals surface area contributed by atoms with Crippen molar-refractivity contribution in [2.24, 2.45) is 0 Å². The number of imide groups is 2. The molecule has 0 saturated carbocycles. The van der Waals surface area contributed by atoms with Crippen molar-refractivity contribution in [1.82, 2.24) is 9.80 Å². The molecular weight excluding hydrogens is 344 g/mol. The van der Waals surface area contributed by atoms with Gasteiger partial charge in [-0.1, -0.05) is 0 Å². The van der Waals surface area contributed by atoms with E-state index in [1.54, 1.807) is 27.7 Å². The second kappa shape index (κ2) is 6.90. The zero-order chi connectivity index (χ0) is 19.8. The molecule has 1 aliphatic heterocycles. The van der Waals surface area contributed by atoms with Crippen LogP contribution in [0.25, 0.3) is 0 Å². The molecule has 2 rings (SSSR count). The maximum Gasteiger partial charge on any atom is 0.334 e. The lowest BCUT2D eigenvalue weighted by Crippen LogP contribution is -2.40. The van der Waals surface area contributed by atoms with Crippen LogP contribution in [0, 0.1) is 24.0 Å². The Morgan fingerprint density at radius 1 is 1.15 bits per heavy atom. The Morgan fingerprint density at radius 2 is 1.73 bits per heavy atom. The molecule has 138 valence electrons. The molecule has 5 amide bonds. The molecule has 1 aromatic carbocycles. The second-order valence-electron chi connectivity index (χ2n) is 6.20. The number of carbonyl (C=O) groups is 4. The van der Waals surface area contributed by atoms with Gasteiger partial charge >= 0.3 is 17.8 Å². The predicted molar refractivity (Wildman–Crippen MR) is 90.3 cm³/mol. The monoisotopic (exact) mass is 362 g/mol. The molecule has 0 radical (unpaired) electrons. The van der Waals surface area contributed by atoms with Crippen LogP contribution in [-0.4, -0.2) is 51.1 Å². The van der Waals surface area contributed by atoms with Crippen molar-refractivity contribution in [3.63, 3.8) is 0 Å². The average Bonchev–Trinajstić information content (AvgIpc) is 2.74. The maximum absolute atomic E-state index is 12.2. The van der Waals surface area contributed by atoms with Crippen molar-refractivity contribution < 1.29 is 24.1 Å². The first-order chi connectivity index (χ1) is 12.0. The van der Waals surface area contributed by atoms with Gasteiger partial charge < -0.3 is 5.32 Å². The average molecular weight is 362 g/mol. The Morgan fingerprint density at radius 3 is 2.23 bits per heavy atom. The van der Waals surface area contributed by atoms with Crippen molar-refractivity contribution in [2.45, 2.75) is 33.7 Å². The molecule has 1 N–H and O–H groups in total. The highest BCUT2D eigenvalue weighted by atomic mass is 16.6. The van der Waals surface area contributed by atoms with Gasteiger partial charge in [-0.3, -0.25) is 29.4 Å². The van der Waals surface area contributed by atoms with E-state index in [1.165, 1.54) is 12.1 Å². The molecule has 0 bridgehead atoms. The highest BCUT2D eigenvalue weighted by Gasteiger charge is 2.46. The van der Waals surface area contributed by atoms with E-state index in [-0.39, 0.29) is 11.4 Å². The SMILES string of the molecule is Cc1cc(NC(=O)CN2C(=O)C(=O)N(C(C)C)C2=O)c([N+](=O)[O-])cc1C. The summed E-state index contributed by atoms with van der Waals surface area (Å²) in [5.41, 5.74) is 1.05. The number of hydrogen-bond acceptors (Lipinski definition) is 6. The number of rotatable bonds is 5. The van der Waals surface area contributed by atoms with Crippen LogP contribution < -0.4 is 5.32 Å². The maximum atomic E-state index is 12.2. The summed E-state index contributed by atoms with van der Waals surface area (Å²) >= 11 is 0. The fraction of sp³-hybridized carbons (Fsp3) is 0.375. The first kappa shape index (κ1) is 19.0. The van der Waals surface area contributed by atoms with E-state index in [9.17, 15) is 29.3 Å². The van der Waals surface area contributed by atoms with Gasteiger partial charge in [0.05, 0.1) is 4.92 Å². The summed E-state index contributed by atoms with van der Waals surface area (Å²) in [6.07, 6.45) is 0. The van der Waals surface area contributed by atoms with Gasteiger partial charge in [0.1, 0.15) is 12.2 Å². The molecule has 10 nitrogen and oxygen atoms in total. The molecule has 10 heteroatoms. The van der Waals surface area contributed by atoms with Crippen molar-refractivity contribution in [2.75, 3.05) is 11.9 Å². The zero-order valence-electron chi connectivity index (χ0n) is 14.7. The predicted octanol–water partition coefficient (Wildman–Crippen LogP) is 1.35. The summed E-state index contributed by atoms with van der Waals surface area (Å²) in [5.74, 6) is -2.93. The molecule has 0 aliphatic carbocycles. The number of hydrogen-bond donors (Lipinski definition) is 1. The molecule has 1 saturated heterocycles. The van der Waals surface area contributed by atoms with E-state index in [0.717, 1.165) is 10.5 Å².